The number of carbonyl (C=O) groups is 2. The van der Waals surface area contributed by atoms with E-state index in [0.717, 1.165) is 17.9 Å². The summed E-state index contributed by atoms with van der Waals surface area (Å²) in [5.74, 6) is -0.992. The second kappa shape index (κ2) is 9.88. The van der Waals surface area contributed by atoms with E-state index in [-0.39, 0.29) is 30.6 Å². The lowest BCUT2D eigenvalue weighted by molar-refractivity contribution is -0.115. The molecule has 0 aliphatic carbocycles. The molecule has 0 aromatic heterocycles. The van der Waals surface area contributed by atoms with Gasteiger partial charge in [0.05, 0.1) is 18.4 Å². The van der Waals surface area contributed by atoms with Crippen molar-refractivity contribution < 1.29 is 22.4 Å². The van der Waals surface area contributed by atoms with Crippen LogP contribution in [0, 0.1) is 5.82 Å². The predicted molar refractivity (Wildman–Crippen MR) is 117 cm³/mol. The molecule has 1 fully saturated rings. The van der Waals surface area contributed by atoms with E-state index in [9.17, 15) is 22.4 Å². The van der Waals surface area contributed by atoms with Crippen LogP contribution in [0.2, 0.25) is 0 Å². The van der Waals surface area contributed by atoms with Crippen LogP contribution in [0.25, 0.3) is 0 Å². The highest BCUT2D eigenvalue weighted by Gasteiger charge is 2.25. The first-order chi connectivity index (χ1) is 14.7. The third-order valence-electron chi connectivity index (χ3n) is 4.79. The lowest BCUT2D eigenvalue weighted by Crippen LogP contribution is -2.50. The number of nitrogens with one attached hydrogen (secondary N) is 3. The van der Waals surface area contributed by atoms with Crippen LogP contribution in [0.15, 0.2) is 48.5 Å². The molecule has 10 heteroatoms. The maximum atomic E-state index is 14.2. The Hall–Kier alpha value is -2.98. The summed E-state index contributed by atoms with van der Waals surface area (Å²) in [6.45, 7) is 0.719. The largest absolute Gasteiger partial charge is 0.323 e. The topological polar surface area (TPSA) is 108 Å². The van der Waals surface area contributed by atoms with Crippen LogP contribution in [-0.4, -0.2) is 50.6 Å². The number of piperidine rings is 1. The van der Waals surface area contributed by atoms with Gasteiger partial charge in [0.15, 0.2) is 0 Å². The first-order valence-electron chi connectivity index (χ1n) is 9.86. The number of likely N-dealkylation sites (tertiary alicyclic amines) is 1. The first kappa shape index (κ1) is 22.7. The summed E-state index contributed by atoms with van der Waals surface area (Å²) in [6.07, 6.45) is 2.48. The summed E-state index contributed by atoms with van der Waals surface area (Å²) in [7, 11) is -3.37. The number of amides is 3. The second-order valence-corrected chi connectivity index (χ2v) is 9.29. The van der Waals surface area contributed by atoms with Gasteiger partial charge in [-0.2, -0.15) is 0 Å². The van der Waals surface area contributed by atoms with E-state index in [1.54, 1.807) is 12.1 Å². The average Bonchev–Trinajstić information content (AvgIpc) is 2.70. The minimum Gasteiger partial charge on any atom is -0.323 e. The number of urea groups is 1. The monoisotopic (exact) mass is 448 g/mol. The Kier molecular flexibility index (Phi) is 7.24. The molecule has 166 valence electrons. The number of carbonyl (C=O) groups excluding carboxylic acids is 2. The zero-order valence-electron chi connectivity index (χ0n) is 17.1. The van der Waals surface area contributed by atoms with Crippen molar-refractivity contribution in [2.45, 2.75) is 25.3 Å². The molecular weight excluding hydrogens is 423 g/mol. The molecule has 1 aliphatic rings. The molecular formula is C21H25FN4O4S. The first-order valence-corrected chi connectivity index (χ1v) is 11.8. The molecule has 1 saturated heterocycles. The van der Waals surface area contributed by atoms with Crippen LogP contribution in [0.3, 0.4) is 0 Å². The molecule has 3 rings (SSSR count). The summed E-state index contributed by atoms with van der Waals surface area (Å²) in [5, 5.41) is 5.21. The van der Waals surface area contributed by atoms with Gasteiger partial charge in [0, 0.05) is 24.8 Å². The van der Waals surface area contributed by atoms with E-state index < -0.39 is 21.9 Å². The molecule has 31 heavy (non-hydrogen) atoms. The minimum absolute atomic E-state index is 0.0333. The third-order valence-corrected chi connectivity index (χ3v) is 5.55. The van der Waals surface area contributed by atoms with Crippen molar-refractivity contribution in [1.29, 1.82) is 0 Å². The van der Waals surface area contributed by atoms with Gasteiger partial charge in [0.1, 0.15) is 5.82 Å². The number of hydrogen-bond acceptors (Lipinski definition) is 4. The summed E-state index contributed by atoms with van der Waals surface area (Å²) >= 11 is 0. The fourth-order valence-electron chi connectivity index (χ4n) is 3.44. The molecule has 1 aliphatic heterocycles. The van der Waals surface area contributed by atoms with Gasteiger partial charge in [-0.1, -0.05) is 30.3 Å². The fourth-order valence-corrected chi connectivity index (χ4v) is 4.24. The Morgan fingerprint density at radius 2 is 1.87 bits per heavy atom. The summed E-state index contributed by atoms with van der Waals surface area (Å²) in [4.78, 5) is 26.3. The normalized spacial score (nSPS) is 16.6. The van der Waals surface area contributed by atoms with Crippen molar-refractivity contribution in [3.05, 3.63) is 59.9 Å². The number of halogens is 1. The molecule has 3 N–H and O–H groups in total. The molecule has 1 atom stereocenters. The maximum Gasteiger partial charge on any atom is 0.321 e. The van der Waals surface area contributed by atoms with E-state index in [1.165, 1.54) is 17.0 Å². The van der Waals surface area contributed by atoms with Crippen LogP contribution in [-0.2, 0) is 21.2 Å². The van der Waals surface area contributed by atoms with Crippen LogP contribution < -0.4 is 15.4 Å². The standard InChI is InChI=1S/C21H25FN4O4S/c1-31(29,30)25-17-8-5-11-26(14-17)21(28)23-16-9-10-18(22)19(13-16)24-20(27)12-15-6-3-2-4-7-15/h2-4,6-7,9-10,13,17,25H,5,8,11-12,14H2,1H3,(H,23,28)(H,24,27)/t17-/m0/s1. The molecule has 0 saturated carbocycles. The van der Waals surface area contributed by atoms with Gasteiger partial charge >= 0.3 is 6.03 Å². The quantitative estimate of drug-likeness (QED) is 0.631. The predicted octanol–water partition coefficient (Wildman–Crippen LogP) is 2.55. The highest BCUT2D eigenvalue weighted by molar-refractivity contribution is 7.88. The van der Waals surface area contributed by atoms with E-state index in [2.05, 4.69) is 15.4 Å². The van der Waals surface area contributed by atoms with Crippen molar-refractivity contribution in [3.8, 4) is 0 Å². The third kappa shape index (κ3) is 7.04. The van der Waals surface area contributed by atoms with Crippen molar-refractivity contribution in [2.24, 2.45) is 0 Å². The highest BCUT2D eigenvalue weighted by atomic mass is 32.2. The fraction of sp³-hybridized carbons (Fsp3) is 0.333. The highest BCUT2D eigenvalue weighted by Crippen LogP contribution is 2.21. The number of sulfonamides is 1. The van der Waals surface area contributed by atoms with Crippen LogP contribution in [0.5, 0.6) is 0 Å². The van der Waals surface area contributed by atoms with Crippen molar-refractivity contribution in [3.63, 3.8) is 0 Å². The second-order valence-electron chi connectivity index (χ2n) is 7.51. The van der Waals surface area contributed by atoms with E-state index in [4.69, 9.17) is 0 Å². The number of hydrogen-bond donors (Lipinski definition) is 3. The van der Waals surface area contributed by atoms with Gasteiger partial charge < -0.3 is 15.5 Å². The lowest BCUT2D eigenvalue weighted by Gasteiger charge is -2.32. The summed E-state index contributed by atoms with van der Waals surface area (Å²) in [6, 6.07) is 12.2. The van der Waals surface area contributed by atoms with Gasteiger partial charge in [0.25, 0.3) is 0 Å². The molecule has 3 amide bonds. The van der Waals surface area contributed by atoms with E-state index in [0.29, 0.717) is 25.1 Å². The maximum absolute atomic E-state index is 14.2. The Bertz CT molecular complexity index is 1050. The Morgan fingerprint density at radius 1 is 1.13 bits per heavy atom. The Morgan fingerprint density at radius 3 is 2.58 bits per heavy atom. The smallest absolute Gasteiger partial charge is 0.321 e. The van der Waals surface area contributed by atoms with E-state index >= 15 is 0 Å². The van der Waals surface area contributed by atoms with Crippen molar-refractivity contribution in [1.82, 2.24) is 9.62 Å². The number of anilines is 2. The molecule has 8 nitrogen and oxygen atoms in total. The van der Waals surface area contributed by atoms with Gasteiger partial charge in [-0.25, -0.2) is 22.3 Å². The summed E-state index contributed by atoms with van der Waals surface area (Å²) < 4.78 is 39.6. The SMILES string of the molecule is CS(=O)(=O)N[C@H]1CCCN(C(=O)Nc2ccc(F)c(NC(=O)Cc3ccccc3)c2)C1. The zero-order chi connectivity index (χ0) is 22.4. The number of nitrogens with zero attached hydrogens (tertiary/aromatic N) is 1. The minimum atomic E-state index is -3.37. The lowest BCUT2D eigenvalue weighted by atomic mass is 10.1. The van der Waals surface area contributed by atoms with Gasteiger partial charge in [-0.3, -0.25) is 4.79 Å². The van der Waals surface area contributed by atoms with Crippen LogP contribution in [0.4, 0.5) is 20.6 Å². The number of benzene rings is 2. The average molecular weight is 449 g/mol. The Labute approximate surface area is 180 Å². The zero-order valence-corrected chi connectivity index (χ0v) is 17.9. The molecule has 0 bridgehead atoms. The molecule has 0 radical (unpaired) electrons. The van der Waals surface area contributed by atoms with Gasteiger partial charge in [-0.05, 0) is 36.6 Å². The van der Waals surface area contributed by atoms with Crippen molar-refractivity contribution in [2.75, 3.05) is 30.0 Å². The molecule has 0 spiro atoms. The van der Waals surface area contributed by atoms with E-state index in [1.807, 2.05) is 18.2 Å². The molecule has 0 unspecified atom stereocenters. The van der Waals surface area contributed by atoms with Crippen LogP contribution >= 0.6 is 0 Å². The summed E-state index contributed by atoms with van der Waals surface area (Å²) in [5.41, 5.74) is 1.08. The van der Waals surface area contributed by atoms with Crippen LogP contribution in [0.1, 0.15) is 18.4 Å². The van der Waals surface area contributed by atoms with Gasteiger partial charge in [0.2, 0.25) is 15.9 Å². The van der Waals surface area contributed by atoms with Crippen molar-refractivity contribution >= 4 is 33.3 Å². The number of rotatable bonds is 6. The van der Waals surface area contributed by atoms with Gasteiger partial charge in [-0.15, -0.1) is 0 Å². The molecule has 2 aromatic rings. The Balaban J connectivity index is 1.61. The molecule has 1 heterocycles. The molecule has 2 aromatic carbocycles.